The third-order valence-electron chi connectivity index (χ3n) is 6.15. The standard InChI is InChI=1S/C27H29FN2O3S/c1-33-21-12-7-9-19(17-21)26(27(32)29-20-10-3-2-4-11-20)30(24-15-6-5-14-23(24)28)25(31)18-22-13-8-16-34-22/h5-9,12-17,20,26H,2-4,10-11,18H2,1H3,(H,29,32)/t26-/m0/s1. The number of nitrogens with one attached hydrogen (secondary N) is 1. The molecule has 2 amide bonds. The van der Waals surface area contributed by atoms with E-state index in [2.05, 4.69) is 5.32 Å². The largest absolute Gasteiger partial charge is 0.497 e. The van der Waals surface area contributed by atoms with Gasteiger partial charge in [0.25, 0.3) is 0 Å². The summed E-state index contributed by atoms with van der Waals surface area (Å²) >= 11 is 1.46. The second-order valence-electron chi connectivity index (χ2n) is 8.49. The fourth-order valence-corrected chi connectivity index (χ4v) is 5.16. The van der Waals surface area contributed by atoms with Gasteiger partial charge >= 0.3 is 0 Å². The summed E-state index contributed by atoms with van der Waals surface area (Å²) in [5, 5.41) is 5.04. The SMILES string of the molecule is COc1cccc([C@@H](C(=O)NC2CCCCC2)N(C(=O)Cc2cccs2)c2ccccc2F)c1. The van der Waals surface area contributed by atoms with Crippen molar-refractivity contribution >= 4 is 28.8 Å². The van der Waals surface area contributed by atoms with Crippen LogP contribution in [-0.2, 0) is 16.0 Å². The zero-order valence-electron chi connectivity index (χ0n) is 19.2. The molecule has 1 atom stereocenters. The monoisotopic (exact) mass is 480 g/mol. The number of methoxy groups -OCH3 is 1. The molecule has 1 aliphatic carbocycles. The molecule has 1 aromatic heterocycles. The van der Waals surface area contributed by atoms with Crippen molar-refractivity contribution in [3.63, 3.8) is 0 Å². The van der Waals surface area contributed by atoms with Gasteiger partial charge in [0, 0.05) is 10.9 Å². The molecule has 178 valence electrons. The summed E-state index contributed by atoms with van der Waals surface area (Å²) in [6.07, 6.45) is 5.15. The Balaban J connectivity index is 1.78. The van der Waals surface area contributed by atoms with E-state index >= 15 is 4.39 Å². The highest BCUT2D eigenvalue weighted by molar-refractivity contribution is 7.10. The number of anilines is 1. The molecular formula is C27H29FN2O3S. The van der Waals surface area contributed by atoms with Crippen molar-refractivity contribution in [1.82, 2.24) is 5.32 Å². The minimum atomic E-state index is -1.04. The Labute approximate surface area is 203 Å². The van der Waals surface area contributed by atoms with Gasteiger partial charge in [0.2, 0.25) is 11.8 Å². The zero-order valence-corrected chi connectivity index (χ0v) is 20.0. The maximum atomic E-state index is 15.1. The molecule has 1 saturated carbocycles. The average Bonchev–Trinajstić information content (AvgIpc) is 3.36. The molecule has 0 spiro atoms. The summed E-state index contributed by atoms with van der Waals surface area (Å²) in [7, 11) is 1.55. The van der Waals surface area contributed by atoms with Gasteiger partial charge in [0.1, 0.15) is 17.6 Å². The van der Waals surface area contributed by atoms with E-state index in [1.807, 2.05) is 17.5 Å². The summed E-state index contributed by atoms with van der Waals surface area (Å²) < 4.78 is 20.5. The third-order valence-corrected chi connectivity index (χ3v) is 7.03. The first-order valence-corrected chi connectivity index (χ1v) is 12.5. The second-order valence-corrected chi connectivity index (χ2v) is 9.53. The fraction of sp³-hybridized carbons (Fsp3) is 0.333. The summed E-state index contributed by atoms with van der Waals surface area (Å²) in [4.78, 5) is 29.6. The van der Waals surface area contributed by atoms with E-state index in [9.17, 15) is 9.59 Å². The molecule has 34 heavy (non-hydrogen) atoms. The minimum absolute atomic E-state index is 0.0456. The highest BCUT2D eigenvalue weighted by Crippen LogP contribution is 2.33. The smallest absolute Gasteiger partial charge is 0.248 e. The van der Waals surface area contributed by atoms with Crippen LogP contribution in [0.1, 0.15) is 48.6 Å². The average molecular weight is 481 g/mol. The predicted octanol–water partition coefficient (Wildman–Crippen LogP) is 5.66. The molecule has 1 N–H and O–H groups in total. The fourth-order valence-electron chi connectivity index (χ4n) is 4.47. The topological polar surface area (TPSA) is 58.6 Å². The number of rotatable bonds is 8. The van der Waals surface area contributed by atoms with Crippen LogP contribution in [0.3, 0.4) is 0 Å². The van der Waals surface area contributed by atoms with Gasteiger partial charge in [0.15, 0.2) is 0 Å². The molecule has 0 unspecified atom stereocenters. The van der Waals surface area contributed by atoms with E-state index in [0.717, 1.165) is 37.0 Å². The number of para-hydroxylation sites is 1. The Kier molecular flexibility index (Phi) is 7.95. The lowest BCUT2D eigenvalue weighted by Gasteiger charge is -2.33. The number of benzene rings is 2. The maximum absolute atomic E-state index is 15.1. The van der Waals surface area contributed by atoms with Gasteiger partial charge in [-0.25, -0.2) is 4.39 Å². The lowest BCUT2D eigenvalue weighted by Crippen LogP contribution is -2.48. The molecule has 0 bridgehead atoms. The van der Waals surface area contributed by atoms with E-state index in [1.165, 1.54) is 22.3 Å². The van der Waals surface area contributed by atoms with E-state index in [4.69, 9.17) is 4.74 Å². The molecule has 1 heterocycles. The summed E-state index contributed by atoms with van der Waals surface area (Å²) in [5.74, 6) is -0.658. The predicted molar refractivity (Wildman–Crippen MR) is 133 cm³/mol. The molecule has 0 radical (unpaired) electrons. The number of thiophene rings is 1. The first-order valence-electron chi connectivity index (χ1n) is 11.6. The van der Waals surface area contributed by atoms with Crippen LogP contribution >= 0.6 is 11.3 Å². The molecule has 3 aromatic rings. The van der Waals surface area contributed by atoms with Crippen LogP contribution in [0.4, 0.5) is 10.1 Å². The minimum Gasteiger partial charge on any atom is -0.497 e. The normalized spacial score (nSPS) is 14.9. The first kappa shape index (κ1) is 24.0. The Morgan fingerprint density at radius 2 is 1.88 bits per heavy atom. The Bertz CT molecular complexity index is 1110. The summed E-state index contributed by atoms with van der Waals surface area (Å²) in [6.45, 7) is 0. The number of carbonyl (C=O) groups is 2. The molecule has 5 nitrogen and oxygen atoms in total. The number of halogens is 1. The highest BCUT2D eigenvalue weighted by Gasteiger charge is 2.35. The van der Waals surface area contributed by atoms with Crippen molar-refractivity contribution in [2.75, 3.05) is 12.0 Å². The van der Waals surface area contributed by atoms with Crippen LogP contribution < -0.4 is 15.0 Å². The van der Waals surface area contributed by atoms with Gasteiger partial charge in [-0.15, -0.1) is 11.3 Å². The lowest BCUT2D eigenvalue weighted by molar-refractivity contribution is -0.127. The van der Waals surface area contributed by atoms with E-state index in [0.29, 0.717) is 11.3 Å². The number of amides is 2. The van der Waals surface area contributed by atoms with Crippen molar-refractivity contribution in [1.29, 1.82) is 0 Å². The molecule has 1 aliphatic rings. The molecule has 0 aliphatic heterocycles. The molecule has 4 rings (SSSR count). The van der Waals surface area contributed by atoms with Crippen LogP contribution in [0, 0.1) is 5.82 Å². The zero-order chi connectivity index (χ0) is 23.9. The second kappa shape index (κ2) is 11.3. The van der Waals surface area contributed by atoms with Gasteiger partial charge in [-0.2, -0.15) is 0 Å². The summed E-state index contributed by atoms with van der Waals surface area (Å²) in [5.41, 5.74) is 0.645. The number of ether oxygens (including phenoxy) is 1. The van der Waals surface area contributed by atoms with E-state index < -0.39 is 11.9 Å². The van der Waals surface area contributed by atoms with Crippen LogP contribution in [-0.4, -0.2) is 25.0 Å². The lowest BCUT2D eigenvalue weighted by atomic mass is 9.94. The van der Waals surface area contributed by atoms with Crippen LogP contribution in [0.25, 0.3) is 0 Å². The Morgan fingerprint density at radius 3 is 2.59 bits per heavy atom. The van der Waals surface area contributed by atoms with E-state index in [-0.39, 0.29) is 30.0 Å². The van der Waals surface area contributed by atoms with Gasteiger partial charge < -0.3 is 10.1 Å². The van der Waals surface area contributed by atoms with Crippen molar-refractivity contribution < 1.29 is 18.7 Å². The van der Waals surface area contributed by atoms with Crippen LogP contribution in [0.5, 0.6) is 5.75 Å². The number of hydrogen-bond acceptors (Lipinski definition) is 4. The Morgan fingerprint density at radius 1 is 1.09 bits per heavy atom. The third kappa shape index (κ3) is 5.65. The van der Waals surface area contributed by atoms with Crippen molar-refractivity contribution in [2.24, 2.45) is 0 Å². The van der Waals surface area contributed by atoms with Crippen molar-refractivity contribution in [2.45, 2.75) is 50.6 Å². The maximum Gasteiger partial charge on any atom is 0.248 e. The highest BCUT2D eigenvalue weighted by atomic mass is 32.1. The van der Waals surface area contributed by atoms with E-state index in [1.54, 1.807) is 49.6 Å². The molecule has 0 saturated heterocycles. The number of nitrogens with zero attached hydrogens (tertiary/aromatic N) is 1. The molecule has 1 fully saturated rings. The van der Waals surface area contributed by atoms with Gasteiger partial charge in [-0.1, -0.05) is 49.6 Å². The molecule has 7 heteroatoms. The Hall–Kier alpha value is -3.19. The number of carbonyl (C=O) groups excluding carboxylic acids is 2. The first-order chi connectivity index (χ1) is 16.6. The molecular weight excluding hydrogens is 451 g/mol. The quantitative estimate of drug-likeness (QED) is 0.453. The van der Waals surface area contributed by atoms with Crippen LogP contribution in [0.2, 0.25) is 0 Å². The van der Waals surface area contributed by atoms with Crippen molar-refractivity contribution in [3.05, 3.63) is 82.3 Å². The number of hydrogen-bond donors (Lipinski definition) is 1. The van der Waals surface area contributed by atoms with Crippen LogP contribution in [0.15, 0.2) is 66.0 Å². The van der Waals surface area contributed by atoms with Gasteiger partial charge in [-0.3, -0.25) is 14.5 Å². The molecule has 2 aromatic carbocycles. The van der Waals surface area contributed by atoms with Crippen molar-refractivity contribution in [3.8, 4) is 5.75 Å². The summed E-state index contributed by atoms with van der Waals surface area (Å²) in [6, 6.07) is 15.9. The van der Waals surface area contributed by atoms with Gasteiger partial charge in [-0.05, 0) is 54.1 Å². The van der Waals surface area contributed by atoms with Gasteiger partial charge in [0.05, 0.1) is 19.2 Å².